The molecule has 0 spiro atoms. The lowest BCUT2D eigenvalue weighted by molar-refractivity contribution is -0.116. The number of anilines is 1. The van der Waals surface area contributed by atoms with Gasteiger partial charge in [-0.05, 0) is 86.6 Å². The van der Waals surface area contributed by atoms with Crippen molar-refractivity contribution in [1.29, 1.82) is 0 Å². The van der Waals surface area contributed by atoms with Crippen LogP contribution in [0.15, 0.2) is 93.4 Å². The molecule has 3 heterocycles. The number of benzene rings is 2. The third kappa shape index (κ3) is 5.92. The summed E-state index contributed by atoms with van der Waals surface area (Å²) in [6.45, 7) is 6.52. The summed E-state index contributed by atoms with van der Waals surface area (Å²) in [4.78, 5) is 20.7. The molecule has 1 saturated heterocycles. The number of pyridine rings is 1. The van der Waals surface area contributed by atoms with Crippen molar-refractivity contribution >= 4 is 40.7 Å². The van der Waals surface area contributed by atoms with Crippen LogP contribution >= 0.6 is 24.0 Å². The zero-order valence-electron chi connectivity index (χ0n) is 21.6. The molecule has 1 amide bonds. The number of thiocarbonyl (C=S) groups is 1. The highest BCUT2D eigenvalue weighted by atomic mass is 32.2. The minimum atomic E-state index is -0.238. The number of furan rings is 1. The number of amides is 1. The summed E-state index contributed by atoms with van der Waals surface area (Å²) in [5.41, 5.74) is 5.06. The van der Waals surface area contributed by atoms with E-state index in [1.165, 1.54) is 5.56 Å². The predicted octanol–water partition coefficient (Wildman–Crippen LogP) is 6.75. The van der Waals surface area contributed by atoms with Gasteiger partial charge in [0.05, 0.1) is 11.7 Å². The van der Waals surface area contributed by atoms with Gasteiger partial charge < -0.3 is 20.0 Å². The monoisotopic (exact) mass is 542 g/mol. The molecule has 38 heavy (non-hydrogen) atoms. The number of aryl methyl sites for hydroxylation is 3. The maximum absolute atomic E-state index is 12.9. The van der Waals surface area contributed by atoms with E-state index < -0.39 is 0 Å². The predicted molar refractivity (Wildman–Crippen MR) is 155 cm³/mol. The summed E-state index contributed by atoms with van der Waals surface area (Å²) in [5.74, 6) is 0.717. The first-order valence-corrected chi connectivity index (χ1v) is 13.8. The van der Waals surface area contributed by atoms with E-state index in [0.717, 1.165) is 38.3 Å². The number of aromatic nitrogens is 1. The fourth-order valence-electron chi connectivity index (χ4n) is 4.53. The number of hydrogen-bond acceptors (Lipinski definition) is 5. The molecule has 0 radical (unpaired) electrons. The van der Waals surface area contributed by atoms with E-state index in [9.17, 15) is 4.79 Å². The SMILES string of the molecule is Cc1ccc(Sc2ccc([C@H]3[C@@H](c4ccccn4)NC(=S)N3CCC(=O)Nc3cc(C)ccc3C)o2)cc1. The van der Waals surface area contributed by atoms with Crippen molar-refractivity contribution in [2.75, 3.05) is 11.9 Å². The third-order valence-electron chi connectivity index (χ3n) is 6.58. The first kappa shape index (κ1) is 26.0. The van der Waals surface area contributed by atoms with Crippen LogP contribution < -0.4 is 10.6 Å². The molecule has 8 heteroatoms. The molecule has 194 valence electrons. The second-order valence-corrected chi connectivity index (χ2v) is 11.0. The van der Waals surface area contributed by atoms with Gasteiger partial charge in [-0.1, -0.05) is 47.7 Å². The van der Waals surface area contributed by atoms with E-state index in [2.05, 4.69) is 46.8 Å². The minimum absolute atomic E-state index is 0.0587. The van der Waals surface area contributed by atoms with Gasteiger partial charge in [-0.3, -0.25) is 9.78 Å². The third-order valence-corrected chi connectivity index (χ3v) is 7.86. The molecule has 4 aromatic rings. The van der Waals surface area contributed by atoms with Crippen LogP contribution in [0.25, 0.3) is 0 Å². The molecule has 0 saturated carbocycles. The summed E-state index contributed by atoms with van der Waals surface area (Å²) in [6.07, 6.45) is 2.06. The van der Waals surface area contributed by atoms with Gasteiger partial charge in [-0.2, -0.15) is 0 Å². The van der Waals surface area contributed by atoms with E-state index >= 15 is 0 Å². The lowest BCUT2D eigenvalue weighted by atomic mass is 10.0. The number of hydrogen-bond donors (Lipinski definition) is 2. The first-order chi connectivity index (χ1) is 18.4. The van der Waals surface area contributed by atoms with Crippen LogP contribution in [0, 0.1) is 20.8 Å². The molecule has 1 fully saturated rings. The summed E-state index contributed by atoms with van der Waals surface area (Å²) in [6, 6.07) is 23.8. The van der Waals surface area contributed by atoms with Crippen molar-refractivity contribution < 1.29 is 9.21 Å². The Hall–Kier alpha value is -3.62. The van der Waals surface area contributed by atoms with Crippen LogP contribution in [-0.2, 0) is 4.79 Å². The molecular weight excluding hydrogens is 512 g/mol. The maximum Gasteiger partial charge on any atom is 0.226 e. The van der Waals surface area contributed by atoms with E-state index in [1.54, 1.807) is 18.0 Å². The largest absolute Gasteiger partial charge is 0.452 e. The molecule has 5 rings (SSSR count). The Bertz CT molecular complexity index is 1440. The summed E-state index contributed by atoms with van der Waals surface area (Å²) < 4.78 is 6.36. The van der Waals surface area contributed by atoms with Gasteiger partial charge in [0.15, 0.2) is 10.2 Å². The van der Waals surface area contributed by atoms with E-state index in [0.29, 0.717) is 11.7 Å². The second-order valence-electron chi connectivity index (χ2n) is 9.51. The molecule has 2 aromatic carbocycles. The minimum Gasteiger partial charge on any atom is -0.452 e. The Labute approximate surface area is 232 Å². The lowest BCUT2D eigenvalue weighted by Gasteiger charge is -2.25. The second kappa shape index (κ2) is 11.4. The topological polar surface area (TPSA) is 70.4 Å². The van der Waals surface area contributed by atoms with E-state index in [-0.39, 0.29) is 24.4 Å². The molecule has 1 aliphatic rings. The normalized spacial score (nSPS) is 16.9. The number of carbonyl (C=O) groups excluding carboxylic acids is 1. The fourth-order valence-corrected chi connectivity index (χ4v) is 5.64. The smallest absolute Gasteiger partial charge is 0.226 e. The average Bonchev–Trinajstić information content (AvgIpc) is 3.50. The van der Waals surface area contributed by atoms with Crippen LogP contribution in [-0.4, -0.2) is 27.4 Å². The van der Waals surface area contributed by atoms with Crippen LogP contribution in [0.5, 0.6) is 0 Å². The van der Waals surface area contributed by atoms with Crippen molar-refractivity contribution in [1.82, 2.24) is 15.2 Å². The number of nitrogens with one attached hydrogen (secondary N) is 2. The van der Waals surface area contributed by atoms with Crippen molar-refractivity contribution in [2.24, 2.45) is 0 Å². The summed E-state index contributed by atoms with van der Waals surface area (Å²) in [7, 11) is 0. The van der Waals surface area contributed by atoms with Crippen molar-refractivity contribution in [3.05, 3.63) is 107 Å². The Morgan fingerprint density at radius 3 is 2.61 bits per heavy atom. The maximum atomic E-state index is 12.9. The summed E-state index contributed by atoms with van der Waals surface area (Å²) in [5, 5.41) is 7.85. The molecular formula is C30H30N4O2S2. The van der Waals surface area contributed by atoms with Crippen molar-refractivity contribution in [3.8, 4) is 0 Å². The zero-order valence-corrected chi connectivity index (χ0v) is 23.2. The highest BCUT2D eigenvalue weighted by Crippen LogP contribution is 2.41. The highest BCUT2D eigenvalue weighted by Gasteiger charge is 2.41. The first-order valence-electron chi connectivity index (χ1n) is 12.6. The van der Waals surface area contributed by atoms with Crippen LogP contribution in [0.3, 0.4) is 0 Å². The number of carbonyl (C=O) groups is 1. The van der Waals surface area contributed by atoms with Gasteiger partial charge in [0.25, 0.3) is 0 Å². The molecule has 0 unspecified atom stereocenters. The molecule has 0 bridgehead atoms. The van der Waals surface area contributed by atoms with Gasteiger partial charge in [-0.25, -0.2) is 0 Å². The molecule has 6 nitrogen and oxygen atoms in total. The molecule has 2 N–H and O–H groups in total. The van der Waals surface area contributed by atoms with Crippen molar-refractivity contribution in [3.63, 3.8) is 0 Å². The Balaban J connectivity index is 1.36. The zero-order chi connectivity index (χ0) is 26.6. The number of rotatable bonds is 8. The van der Waals surface area contributed by atoms with Gasteiger partial charge in [0.1, 0.15) is 11.8 Å². The Morgan fingerprint density at radius 2 is 1.84 bits per heavy atom. The quantitative estimate of drug-likeness (QED) is 0.239. The summed E-state index contributed by atoms with van der Waals surface area (Å²) >= 11 is 7.33. The Kier molecular flexibility index (Phi) is 7.81. The molecule has 2 atom stereocenters. The van der Waals surface area contributed by atoms with Gasteiger partial charge in [0.2, 0.25) is 5.91 Å². The van der Waals surface area contributed by atoms with Crippen molar-refractivity contribution in [2.45, 2.75) is 49.3 Å². The molecule has 1 aliphatic heterocycles. The Morgan fingerprint density at radius 1 is 1.05 bits per heavy atom. The van der Waals surface area contributed by atoms with E-state index in [4.69, 9.17) is 16.6 Å². The van der Waals surface area contributed by atoms with Crippen LogP contribution in [0.1, 0.15) is 46.6 Å². The fraction of sp³-hybridized carbons (Fsp3) is 0.233. The van der Waals surface area contributed by atoms with Gasteiger partial charge >= 0.3 is 0 Å². The lowest BCUT2D eigenvalue weighted by Crippen LogP contribution is -2.32. The number of nitrogens with zero attached hydrogens (tertiary/aromatic N) is 2. The van der Waals surface area contributed by atoms with Gasteiger partial charge in [-0.15, -0.1) is 0 Å². The highest BCUT2D eigenvalue weighted by molar-refractivity contribution is 7.99. The van der Waals surface area contributed by atoms with Crippen LogP contribution in [0.4, 0.5) is 5.69 Å². The molecule has 0 aliphatic carbocycles. The molecule has 2 aromatic heterocycles. The van der Waals surface area contributed by atoms with E-state index in [1.807, 2.05) is 67.3 Å². The van der Waals surface area contributed by atoms with Crippen LogP contribution in [0.2, 0.25) is 0 Å². The standard InChI is InChI=1S/C30H30N4O2S2/c1-19-8-11-22(12-9-19)38-27-14-13-25(36-27)29-28(23-6-4-5-16-31-23)33-30(37)34(29)17-15-26(35)32-24-18-20(2)7-10-21(24)3/h4-14,16,18,28-29H,15,17H2,1-3H3,(H,32,35)(H,33,37)/t28-,29+/m1/s1. The van der Waals surface area contributed by atoms with Gasteiger partial charge in [0, 0.05) is 29.7 Å². The average molecular weight is 543 g/mol.